The summed E-state index contributed by atoms with van der Waals surface area (Å²) in [7, 11) is 0. The van der Waals surface area contributed by atoms with Crippen LogP contribution in [0.3, 0.4) is 0 Å². The Morgan fingerprint density at radius 2 is 1.78 bits per heavy atom. The van der Waals surface area contributed by atoms with Crippen molar-refractivity contribution in [3.05, 3.63) is 52.6 Å². The van der Waals surface area contributed by atoms with Gasteiger partial charge in [-0.05, 0) is 31.2 Å². The lowest BCUT2D eigenvalue weighted by molar-refractivity contribution is -0.384. The molecular formula is C15H14N2O6. The molecule has 2 rings (SSSR count). The van der Waals surface area contributed by atoms with E-state index in [4.69, 9.17) is 19.9 Å². The molecular weight excluding hydrogens is 304 g/mol. The fourth-order valence-corrected chi connectivity index (χ4v) is 1.78. The molecule has 0 spiro atoms. The van der Waals surface area contributed by atoms with Crippen LogP contribution >= 0.6 is 0 Å². The summed E-state index contributed by atoms with van der Waals surface area (Å²) in [6.45, 7) is 2.16. The Labute approximate surface area is 131 Å². The molecule has 8 heteroatoms. The van der Waals surface area contributed by atoms with Gasteiger partial charge in [0.15, 0.2) is 11.5 Å². The summed E-state index contributed by atoms with van der Waals surface area (Å²) >= 11 is 0. The van der Waals surface area contributed by atoms with Crippen molar-refractivity contribution in [2.75, 3.05) is 6.61 Å². The summed E-state index contributed by atoms with van der Waals surface area (Å²) in [5.74, 6) is 1.35. The Morgan fingerprint density at radius 1 is 1.13 bits per heavy atom. The van der Waals surface area contributed by atoms with Crippen LogP contribution < -0.4 is 19.9 Å². The largest absolute Gasteiger partial charge is 0.490 e. The molecule has 120 valence electrons. The van der Waals surface area contributed by atoms with E-state index in [9.17, 15) is 14.9 Å². The van der Waals surface area contributed by atoms with E-state index in [0.29, 0.717) is 23.9 Å². The second-order valence-corrected chi connectivity index (χ2v) is 4.32. The average molecular weight is 318 g/mol. The number of nitrogens with zero attached hydrogens (tertiary/aromatic N) is 1. The number of carbonyl (C=O) groups excluding carboxylic acids is 1. The van der Waals surface area contributed by atoms with Crippen LogP contribution in [0.15, 0.2) is 42.5 Å². The zero-order valence-corrected chi connectivity index (χ0v) is 12.2. The van der Waals surface area contributed by atoms with Crippen LogP contribution in [0, 0.1) is 10.1 Å². The number of benzene rings is 2. The van der Waals surface area contributed by atoms with E-state index in [0.717, 1.165) is 0 Å². The smallest absolute Gasteiger partial charge is 0.409 e. The monoisotopic (exact) mass is 318 g/mol. The van der Waals surface area contributed by atoms with E-state index >= 15 is 0 Å². The van der Waals surface area contributed by atoms with Crippen LogP contribution in [0.1, 0.15) is 6.92 Å². The fraction of sp³-hybridized carbons (Fsp3) is 0.133. The highest BCUT2D eigenvalue weighted by Gasteiger charge is 2.11. The first-order valence-electron chi connectivity index (χ1n) is 6.66. The summed E-state index contributed by atoms with van der Waals surface area (Å²) in [6.07, 6.45) is -0.934. The van der Waals surface area contributed by atoms with Crippen LogP contribution in [0.2, 0.25) is 0 Å². The topological polar surface area (TPSA) is 114 Å². The van der Waals surface area contributed by atoms with E-state index in [1.807, 2.05) is 0 Å². The van der Waals surface area contributed by atoms with Gasteiger partial charge in [-0.15, -0.1) is 0 Å². The molecule has 0 unspecified atom stereocenters. The molecule has 2 aromatic rings. The third kappa shape index (κ3) is 4.34. The fourth-order valence-electron chi connectivity index (χ4n) is 1.78. The van der Waals surface area contributed by atoms with Gasteiger partial charge in [0.1, 0.15) is 11.5 Å². The third-order valence-electron chi connectivity index (χ3n) is 2.71. The SMILES string of the molecule is CCOc1cc(OC(N)=O)ccc1Oc1ccc([N+](=O)[O-])cc1. The summed E-state index contributed by atoms with van der Waals surface area (Å²) in [5.41, 5.74) is 4.93. The van der Waals surface area contributed by atoms with Crippen molar-refractivity contribution in [3.8, 4) is 23.0 Å². The number of nitrogens with two attached hydrogens (primary N) is 1. The van der Waals surface area contributed by atoms with Crippen molar-refractivity contribution in [2.24, 2.45) is 5.73 Å². The third-order valence-corrected chi connectivity index (χ3v) is 2.71. The lowest BCUT2D eigenvalue weighted by Gasteiger charge is -2.12. The van der Waals surface area contributed by atoms with E-state index in [1.54, 1.807) is 13.0 Å². The molecule has 1 amide bonds. The van der Waals surface area contributed by atoms with Crippen LogP contribution in [0.4, 0.5) is 10.5 Å². The van der Waals surface area contributed by atoms with Gasteiger partial charge in [-0.25, -0.2) is 4.79 Å². The van der Waals surface area contributed by atoms with E-state index in [-0.39, 0.29) is 11.4 Å². The molecule has 0 radical (unpaired) electrons. The maximum Gasteiger partial charge on any atom is 0.409 e. The van der Waals surface area contributed by atoms with Gasteiger partial charge in [-0.2, -0.15) is 0 Å². The molecule has 0 heterocycles. The number of nitro groups is 1. The Bertz CT molecular complexity index is 714. The lowest BCUT2D eigenvalue weighted by atomic mass is 10.3. The number of amides is 1. The number of non-ortho nitro benzene ring substituents is 1. The standard InChI is InChI=1S/C15H14N2O6/c1-2-21-14-9-12(23-15(16)18)7-8-13(14)22-11-5-3-10(4-6-11)17(19)20/h3-9H,2H2,1H3,(H2,16,18). The first-order chi connectivity index (χ1) is 11.0. The quantitative estimate of drug-likeness (QED) is 0.646. The van der Waals surface area contributed by atoms with Crippen molar-refractivity contribution >= 4 is 11.8 Å². The van der Waals surface area contributed by atoms with Crippen molar-refractivity contribution in [2.45, 2.75) is 6.92 Å². The highest BCUT2D eigenvalue weighted by molar-refractivity contribution is 5.68. The number of nitro benzene ring substituents is 1. The molecule has 0 aliphatic carbocycles. The normalized spacial score (nSPS) is 9.96. The molecule has 0 bridgehead atoms. The molecule has 0 aliphatic rings. The predicted octanol–water partition coefficient (Wildman–Crippen LogP) is 3.24. The highest BCUT2D eigenvalue weighted by atomic mass is 16.6. The van der Waals surface area contributed by atoms with Gasteiger partial charge < -0.3 is 19.9 Å². The lowest BCUT2D eigenvalue weighted by Crippen LogP contribution is -2.16. The van der Waals surface area contributed by atoms with Gasteiger partial charge >= 0.3 is 6.09 Å². The zero-order valence-electron chi connectivity index (χ0n) is 12.2. The van der Waals surface area contributed by atoms with E-state index in [2.05, 4.69) is 0 Å². The van der Waals surface area contributed by atoms with Crippen LogP contribution in [0.5, 0.6) is 23.0 Å². The van der Waals surface area contributed by atoms with E-state index in [1.165, 1.54) is 36.4 Å². The molecule has 0 saturated carbocycles. The molecule has 0 aromatic heterocycles. The van der Waals surface area contributed by atoms with Gasteiger partial charge in [0, 0.05) is 18.2 Å². The Hall–Kier alpha value is -3.29. The summed E-state index contributed by atoms with van der Waals surface area (Å²) in [5, 5.41) is 10.6. The van der Waals surface area contributed by atoms with E-state index < -0.39 is 11.0 Å². The average Bonchev–Trinajstić information content (AvgIpc) is 2.50. The highest BCUT2D eigenvalue weighted by Crippen LogP contribution is 2.35. The number of hydrogen-bond donors (Lipinski definition) is 1. The van der Waals surface area contributed by atoms with Crippen LogP contribution in [0.25, 0.3) is 0 Å². The zero-order chi connectivity index (χ0) is 16.8. The number of rotatable bonds is 6. The van der Waals surface area contributed by atoms with Crippen LogP contribution in [-0.2, 0) is 0 Å². The van der Waals surface area contributed by atoms with Crippen molar-refractivity contribution in [1.29, 1.82) is 0 Å². The Kier molecular flexibility index (Phi) is 4.98. The summed E-state index contributed by atoms with van der Waals surface area (Å²) in [4.78, 5) is 20.9. The first kappa shape index (κ1) is 16.1. The summed E-state index contributed by atoms with van der Waals surface area (Å²) < 4.78 is 15.8. The molecule has 0 aliphatic heterocycles. The van der Waals surface area contributed by atoms with Crippen molar-refractivity contribution < 1.29 is 23.9 Å². The number of primary amides is 1. The Morgan fingerprint density at radius 3 is 2.35 bits per heavy atom. The van der Waals surface area contributed by atoms with Gasteiger partial charge in [-0.3, -0.25) is 10.1 Å². The van der Waals surface area contributed by atoms with Gasteiger partial charge in [-0.1, -0.05) is 0 Å². The molecule has 8 nitrogen and oxygen atoms in total. The minimum absolute atomic E-state index is 0.0346. The molecule has 2 N–H and O–H groups in total. The van der Waals surface area contributed by atoms with Gasteiger partial charge in [0.05, 0.1) is 11.5 Å². The molecule has 2 aromatic carbocycles. The maximum atomic E-state index is 10.8. The minimum atomic E-state index is -0.934. The second kappa shape index (κ2) is 7.12. The maximum absolute atomic E-state index is 10.8. The molecule has 0 saturated heterocycles. The number of ether oxygens (including phenoxy) is 3. The van der Waals surface area contributed by atoms with Gasteiger partial charge in [0.2, 0.25) is 0 Å². The molecule has 0 atom stereocenters. The minimum Gasteiger partial charge on any atom is -0.490 e. The molecule has 23 heavy (non-hydrogen) atoms. The van der Waals surface area contributed by atoms with Crippen molar-refractivity contribution in [1.82, 2.24) is 0 Å². The number of hydrogen-bond acceptors (Lipinski definition) is 6. The first-order valence-corrected chi connectivity index (χ1v) is 6.66. The second-order valence-electron chi connectivity index (χ2n) is 4.32. The Balaban J connectivity index is 2.23. The van der Waals surface area contributed by atoms with Gasteiger partial charge in [0.25, 0.3) is 5.69 Å². The van der Waals surface area contributed by atoms with Crippen LogP contribution in [-0.4, -0.2) is 17.6 Å². The summed E-state index contributed by atoms with van der Waals surface area (Å²) in [6, 6.07) is 10.1. The van der Waals surface area contributed by atoms with Crippen molar-refractivity contribution in [3.63, 3.8) is 0 Å². The number of carbonyl (C=O) groups is 1. The predicted molar refractivity (Wildman–Crippen MR) is 81.0 cm³/mol. The molecule has 0 fully saturated rings.